The Kier molecular flexibility index (Phi) is 45.3. The van der Waals surface area contributed by atoms with Crippen molar-refractivity contribution >= 4 is 5.97 Å². The van der Waals surface area contributed by atoms with Crippen molar-refractivity contribution in [2.24, 2.45) is 11.5 Å². The van der Waals surface area contributed by atoms with Gasteiger partial charge in [-0.1, -0.05) is 122 Å². The second kappa shape index (κ2) is 40.2. The van der Waals surface area contributed by atoms with Crippen LogP contribution in [0.15, 0.2) is 0 Å². The Labute approximate surface area is 309 Å². The molecule has 2 atom stereocenters. The maximum atomic E-state index is 10.3. The van der Waals surface area contributed by atoms with E-state index in [4.69, 9.17) is 21.7 Å². The summed E-state index contributed by atoms with van der Waals surface area (Å²) in [5.74, 6) is -0.901. The quantitative estimate of drug-likeness (QED) is 0.0442. The third-order valence-corrected chi connectivity index (χ3v) is 8.75. The summed E-state index contributed by atoms with van der Waals surface area (Å²) < 4.78 is 1.41. The molecule has 0 aromatic rings. The Morgan fingerprint density at radius 3 is 1.04 bits per heavy atom. The highest BCUT2D eigenvalue weighted by Crippen LogP contribution is 2.14. The third kappa shape index (κ3) is 49.6. The van der Waals surface area contributed by atoms with Crippen LogP contribution in [0.4, 0.5) is 0 Å². The van der Waals surface area contributed by atoms with E-state index < -0.39 is 18.2 Å². The van der Waals surface area contributed by atoms with Gasteiger partial charge in [0.05, 0.1) is 54.5 Å². The van der Waals surface area contributed by atoms with E-state index in [1.165, 1.54) is 109 Å². The highest BCUT2D eigenvalue weighted by molar-refractivity contribution is 5.64. The molecule has 0 amide bonds. The van der Waals surface area contributed by atoms with Crippen LogP contribution in [-0.4, -0.2) is 128 Å². The first-order chi connectivity index (χ1) is 22.8. The summed E-state index contributed by atoms with van der Waals surface area (Å²) >= 11 is 0. The van der Waals surface area contributed by atoms with Crippen molar-refractivity contribution in [2.45, 2.75) is 160 Å². The lowest BCUT2D eigenvalue weighted by molar-refractivity contribution is -0.893. The smallest absolute Gasteiger partial charge is 0.126 e. The molecule has 0 aromatic heterocycles. The molecule has 2 unspecified atom stereocenters. The van der Waals surface area contributed by atoms with Gasteiger partial charge in [0.25, 0.3) is 0 Å². The lowest BCUT2D eigenvalue weighted by atomic mass is 10.0. The molecule has 0 spiro atoms. The number of nitrogens with zero attached hydrogens (tertiary/aromatic N) is 2. The Morgan fingerprint density at radius 2 is 0.816 bits per heavy atom. The number of carbonyl (C=O) groups is 1. The molecule has 8 N–H and O–H groups in total. The molecular weight excluding hydrogens is 644 g/mol. The van der Waals surface area contributed by atoms with Crippen LogP contribution in [0.1, 0.15) is 148 Å². The predicted molar refractivity (Wildman–Crippen MR) is 200 cm³/mol. The zero-order valence-corrected chi connectivity index (χ0v) is 33.7. The number of carboxylic acid groups (broad SMARTS) is 1. The van der Waals surface area contributed by atoms with Crippen LogP contribution in [0.2, 0.25) is 0 Å². The van der Waals surface area contributed by atoms with Gasteiger partial charge < -0.3 is 63.2 Å². The van der Waals surface area contributed by atoms with Gasteiger partial charge in [0.15, 0.2) is 0 Å². The lowest BCUT2D eigenvalue weighted by Gasteiger charge is -2.31. The van der Waals surface area contributed by atoms with Crippen molar-refractivity contribution in [3.8, 4) is 0 Å². The van der Waals surface area contributed by atoms with Crippen molar-refractivity contribution in [1.29, 1.82) is 0 Å². The van der Waals surface area contributed by atoms with E-state index in [0.717, 1.165) is 38.8 Å². The number of aliphatic hydroxyl groups is 4. The number of hydrogen-bond donors (Lipinski definition) is 6. The number of aliphatic hydroxyl groups excluding tert-OH is 4. The topological polar surface area (TPSA) is 173 Å². The molecule has 0 saturated carbocycles. The Balaban J connectivity index is -0.000000341. The zero-order chi connectivity index (χ0) is 36.9. The van der Waals surface area contributed by atoms with Gasteiger partial charge in [0.2, 0.25) is 0 Å². The molecule has 0 rings (SSSR count). The van der Waals surface area contributed by atoms with Crippen LogP contribution in [0.25, 0.3) is 0 Å². The number of hydrogen-bond acceptors (Lipinski definition) is 8. The Bertz CT molecular complexity index is 634. The van der Waals surface area contributed by atoms with Crippen molar-refractivity contribution in [2.75, 3.05) is 80.7 Å². The summed E-state index contributed by atoms with van der Waals surface area (Å²) in [6, 6.07) is 0. The highest BCUT2D eigenvalue weighted by atomic mass is 35.5. The molecule has 0 saturated heterocycles. The van der Waals surface area contributed by atoms with E-state index in [0.29, 0.717) is 35.1 Å². The van der Waals surface area contributed by atoms with Crippen molar-refractivity contribution in [1.82, 2.24) is 0 Å². The van der Waals surface area contributed by atoms with Crippen LogP contribution in [-0.2, 0) is 4.79 Å². The molecule has 0 aliphatic heterocycles. The summed E-state index contributed by atoms with van der Waals surface area (Å²) in [6.45, 7) is 6.35. The molecule has 0 aliphatic rings. The Morgan fingerprint density at radius 1 is 0.551 bits per heavy atom. The number of unbranched alkanes of at least 4 members (excludes halogenated alkanes) is 18. The van der Waals surface area contributed by atoms with Gasteiger partial charge in [-0.2, -0.15) is 0 Å². The van der Waals surface area contributed by atoms with Gasteiger partial charge in [-0.15, -0.1) is 0 Å². The number of rotatable bonds is 32. The van der Waals surface area contributed by atoms with Crippen LogP contribution in [0.5, 0.6) is 0 Å². The first-order valence-corrected chi connectivity index (χ1v) is 19.6. The Hall–Kier alpha value is -0.560. The minimum Gasteiger partial charge on any atom is -1.00 e. The van der Waals surface area contributed by atoms with Crippen molar-refractivity contribution in [3.63, 3.8) is 0 Å². The highest BCUT2D eigenvalue weighted by Gasteiger charge is 2.19. The summed E-state index contributed by atoms with van der Waals surface area (Å²) in [7, 11) is 8.09. The average Bonchev–Trinajstić information content (AvgIpc) is 3.04. The van der Waals surface area contributed by atoms with E-state index in [1.54, 1.807) is 0 Å². The number of aliphatic carboxylic acids is 1. The molecule has 0 radical (unpaired) electrons. The van der Waals surface area contributed by atoms with E-state index in [1.807, 2.05) is 28.2 Å². The molecule has 0 heterocycles. The minimum atomic E-state index is -0.901. The summed E-state index contributed by atoms with van der Waals surface area (Å²) in [5.41, 5.74) is 10.8. The third-order valence-electron chi connectivity index (χ3n) is 8.75. The number of carboxylic acids is 1. The van der Waals surface area contributed by atoms with Gasteiger partial charge in [0, 0.05) is 18.8 Å². The second-order valence-corrected chi connectivity index (χ2v) is 15.1. The zero-order valence-electron chi connectivity index (χ0n) is 32.9. The van der Waals surface area contributed by atoms with Crippen LogP contribution < -0.4 is 29.0 Å². The van der Waals surface area contributed by atoms with Crippen molar-refractivity contribution in [3.05, 3.63) is 0 Å². The fraction of sp³-hybridized carbons (Fsp3) is 0.974. The molecule has 0 bridgehead atoms. The van der Waals surface area contributed by atoms with E-state index in [9.17, 15) is 20.1 Å². The summed E-state index contributed by atoms with van der Waals surface area (Å²) in [6.07, 6.45) is 26.4. The minimum absolute atomic E-state index is 0. The van der Waals surface area contributed by atoms with Gasteiger partial charge in [0.1, 0.15) is 25.3 Å². The summed E-state index contributed by atoms with van der Waals surface area (Å²) in [4.78, 5) is 10.3. The van der Waals surface area contributed by atoms with E-state index >= 15 is 0 Å². The van der Waals surface area contributed by atoms with Gasteiger partial charge in [-0.3, -0.25) is 0 Å². The predicted octanol–water partition coefficient (Wildman–Crippen LogP) is 1.09. The normalized spacial score (nSPS) is 12.6. The molecule has 0 aliphatic carbocycles. The maximum absolute atomic E-state index is 10.3. The maximum Gasteiger partial charge on any atom is 0.126 e. The molecule has 49 heavy (non-hydrogen) atoms. The van der Waals surface area contributed by atoms with E-state index in [2.05, 4.69) is 6.92 Å². The number of carbonyl (C=O) groups excluding carboxylic acids is 1. The monoisotopic (exact) mass is 729 g/mol. The standard InChI is InChI=1S/C22H44O2.2C8H21N2O2.ClH/c1-2-3-4-5-6-7-8-9-10-11-12-13-14-15-16-17-18-19-20-21-22(23)24;2*1-10(2,5-3-4-9)6-8(12)7-11;/h2-21H2,1H3,(H,23,24);2*8,11-12H,3-7,9H2,1-2H3;1H/q;2*+1;/p-2. The van der Waals surface area contributed by atoms with Gasteiger partial charge in [-0.25, -0.2) is 0 Å². The van der Waals surface area contributed by atoms with E-state index in [-0.39, 0.29) is 32.0 Å². The number of halogens is 1. The molecule has 300 valence electrons. The number of nitrogens with two attached hydrogens (primary N) is 2. The summed E-state index contributed by atoms with van der Waals surface area (Å²) in [5, 5.41) is 45.9. The van der Waals surface area contributed by atoms with Gasteiger partial charge in [-0.05, 0) is 25.9 Å². The van der Waals surface area contributed by atoms with Crippen LogP contribution in [0, 0.1) is 0 Å². The first kappa shape index (κ1) is 55.2. The fourth-order valence-corrected chi connectivity index (χ4v) is 5.83. The van der Waals surface area contributed by atoms with Gasteiger partial charge >= 0.3 is 0 Å². The SMILES string of the molecule is CCCCCCCCCCCCCCCCCCCCCC(=O)[O-].C[N+](C)(CCCN)CC(O)CO.C[N+](C)(CCCN)CC(O)CO.[Cl-]. The van der Waals surface area contributed by atoms with Crippen molar-refractivity contribution < 1.29 is 51.7 Å². The largest absolute Gasteiger partial charge is 1.00 e. The molecule has 11 heteroatoms. The number of quaternary nitrogens is 2. The fourth-order valence-electron chi connectivity index (χ4n) is 5.83. The lowest BCUT2D eigenvalue weighted by Crippen LogP contribution is -3.00. The van der Waals surface area contributed by atoms with Crippen LogP contribution in [0.3, 0.4) is 0 Å². The second-order valence-electron chi connectivity index (χ2n) is 15.1. The first-order valence-electron chi connectivity index (χ1n) is 19.6. The molecule has 0 fully saturated rings. The van der Waals surface area contributed by atoms with Crippen LogP contribution >= 0.6 is 0 Å². The molecule has 10 nitrogen and oxygen atoms in total. The molecule has 0 aromatic carbocycles. The number of likely N-dealkylation sites (N-methyl/N-ethyl adjacent to an activating group) is 2. The molecular formula is C38H85ClN4O6. The average molecular weight is 730 g/mol.